The van der Waals surface area contributed by atoms with E-state index in [0.29, 0.717) is 34.6 Å². The number of hydrogen-bond acceptors (Lipinski definition) is 4. The molecule has 0 atom stereocenters. The van der Waals surface area contributed by atoms with Gasteiger partial charge in [0.05, 0.1) is 11.3 Å². The molecular weight excluding hydrogens is 420 g/mol. The molecule has 160 valence electrons. The number of hydrogen-bond donors (Lipinski definition) is 0. The highest BCUT2D eigenvalue weighted by atomic mass is 32.1. The topological polar surface area (TPSA) is 60.7 Å². The first-order valence-electron chi connectivity index (χ1n) is 10.3. The number of ether oxygens (including phenoxy) is 1. The van der Waals surface area contributed by atoms with Gasteiger partial charge in [-0.1, -0.05) is 65.9 Å². The van der Waals surface area contributed by atoms with Crippen molar-refractivity contribution in [3.05, 3.63) is 107 Å². The third kappa shape index (κ3) is 4.31. The van der Waals surface area contributed by atoms with Gasteiger partial charge < -0.3 is 9.30 Å². The second-order valence-electron chi connectivity index (χ2n) is 7.01. The van der Waals surface area contributed by atoms with Crippen LogP contribution >= 0.6 is 11.3 Å². The number of para-hydroxylation sites is 1. The summed E-state index contributed by atoms with van der Waals surface area (Å²) in [5.74, 6) is 0.296. The zero-order chi connectivity index (χ0) is 22.5. The molecule has 1 aromatic heterocycles. The Morgan fingerprint density at radius 1 is 0.969 bits per heavy atom. The van der Waals surface area contributed by atoms with Gasteiger partial charge in [0.25, 0.3) is 5.91 Å². The lowest BCUT2D eigenvalue weighted by Gasteiger charge is -2.08. The van der Waals surface area contributed by atoms with Gasteiger partial charge in [-0.2, -0.15) is 4.99 Å². The summed E-state index contributed by atoms with van der Waals surface area (Å²) in [6.07, 6.45) is 1.77. The number of fused-ring (bicyclic) bond motifs is 1. The number of carbonyl (C=O) groups is 2. The molecule has 0 saturated carbocycles. The number of thiazole rings is 1. The molecule has 0 aliphatic heterocycles. The molecule has 0 saturated heterocycles. The van der Waals surface area contributed by atoms with Crippen LogP contribution in [0.15, 0.2) is 90.4 Å². The Labute approximate surface area is 189 Å². The molecule has 0 N–H and O–H groups in total. The van der Waals surface area contributed by atoms with E-state index >= 15 is 0 Å². The van der Waals surface area contributed by atoms with Crippen molar-refractivity contribution in [3.63, 3.8) is 0 Å². The van der Waals surface area contributed by atoms with E-state index in [2.05, 4.69) is 11.6 Å². The zero-order valence-corrected chi connectivity index (χ0v) is 18.5. The van der Waals surface area contributed by atoms with Gasteiger partial charge in [-0.25, -0.2) is 0 Å². The fourth-order valence-corrected chi connectivity index (χ4v) is 4.48. The van der Waals surface area contributed by atoms with Gasteiger partial charge in [0.2, 0.25) is 0 Å². The van der Waals surface area contributed by atoms with Crippen molar-refractivity contribution in [3.8, 4) is 5.75 Å². The van der Waals surface area contributed by atoms with Crippen LogP contribution in [0.25, 0.3) is 10.2 Å². The molecule has 4 aromatic rings. The van der Waals surface area contributed by atoms with Crippen LogP contribution in [0.2, 0.25) is 0 Å². The van der Waals surface area contributed by atoms with Gasteiger partial charge in [-0.3, -0.25) is 9.59 Å². The number of benzene rings is 3. The number of amides is 1. The van der Waals surface area contributed by atoms with Gasteiger partial charge in [0.15, 0.2) is 10.6 Å². The second kappa shape index (κ2) is 9.58. The predicted octanol–water partition coefficient (Wildman–Crippen LogP) is 5.26. The number of ketones is 1. The fraction of sp³-hybridized carbons (Fsp3) is 0.115. The van der Waals surface area contributed by atoms with Crippen molar-refractivity contribution in [2.45, 2.75) is 13.5 Å². The summed E-state index contributed by atoms with van der Waals surface area (Å²) in [7, 11) is 0. The van der Waals surface area contributed by atoms with Crippen LogP contribution in [0.1, 0.15) is 33.2 Å². The van der Waals surface area contributed by atoms with Crippen LogP contribution < -0.4 is 9.54 Å². The molecule has 0 bridgehead atoms. The number of rotatable bonds is 7. The summed E-state index contributed by atoms with van der Waals surface area (Å²) in [5.41, 5.74) is 2.45. The molecule has 0 spiro atoms. The van der Waals surface area contributed by atoms with Crippen LogP contribution in [0.4, 0.5) is 0 Å². The van der Waals surface area contributed by atoms with E-state index in [1.54, 1.807) is 42.5 Å². The molecule has 0 fully saturated rings. The smallest absolute Gasteiger partial charge is 0.279 e. The van der Waals surface area contributed by atoms with Crippen molar-refractivity contribution < 1.29 is 14.3 Å². The van der Waals surface area contributed by atoms with E-state index in [1.165, 1.54) is 11.3 Å². The summed E-state index contributed by atoms with van der Waals surface area (Å²) in [4.78, 5) is 30.4. The minimum absolute atomic E-state index is 0.0849. The molecule has 1 heterocycles. The maximum atomic E-state index is 12.9. The molecule has 0 radical (unpaired) electrons. The third-order valence-electron chi connectivity index (χ3n) is 4.90. The minimum atomic E-state index is -0.369. The SMILES string of the molecule is C=CCn1c(=NC(=O)c2ccc(C(=O)c3ccccc3)cc2)sc2cccc(OCC)c21. The van der Waals surface area contributed by atoms with Crippen molar-refractivity contribution in [2.24, 2.45) is 4.99 Å². The summed E-state index contributed by atoms with van der Waals surface area (Å²) in [6, 6.07) is 21.5. The highest BCUT2D eigenvalue weighted by Gasteiger charge is 2.14. The maximum Gasteiger partial charge on any atom is 0.279 e. The fourth-order valence-electron chi connectivity index (χ4n) is 3.43. The van der Waals surface area contributed by atoms with Crippen molar-refractivity contribution in [1.29, 1.82) is 0 Å². The average molecular weight is 443 g/mol. The maximum absolute atomic E-state index is 12.9. The van der Waals surface area contributed by atoms with Gasteiger partial charge in [-0.05, 0) is 31.2 Å². The lowest BCUT2D eigenvalue weighted by molar-refractivity contribution is 0.0994. The molecular formula is C26H22N2O3S. The summed E-state index contributed by atoms with van der Waals surface area (Å²) >= 11 is 1.43. The Hall–Kier alpha value is -3.77. The molecule has 3 aromatic carbocycles. The highest BCUT2D eigenvalue weighted by Crippen LogP contribution is 2.27. The van der Waals surface area contributed by atoms with Gasteiger partial charge in [0, 0.05) is 23.2 Å². The Balaban J connectivity index is 1.69. The molecule has 0 aliphatic carbocycles. The van der Waals surface area contributed by atoms with Crippen LogP contribution in [0, 0.1) is 0 Å². The van der Waals surface area contributed by atoms with E-state index in [0.717, 1.165) is 16.0 Å². The average Bonchev–Trinajstić information content (AvgIpc) is 3.17. The van der Waals surface area contributed by atoms with Crippen LogP contribution in [-0.2, 0) is 6.54 Å². The number of carbonyl (C=O) groups excluding carboxylic acids is 2. The van der Waals surface area contributed by atoms with Gasteiger partial charge >= 0.3 is 0 Å². The third-order valence-corrected chi connectivity index (χ3v) is 5.95. The molecule has 5 nitrogen and oxygen atoms in total. The van der Waals surface area contributed by atoms with E-state index in [1.807, 2.05) is 47.9 Å². The number of nitrogens with zero attached hydrogens (tertiary/aromatic N) is 2. The molecule has 0 aliphatic rings. The first kappa shape index (κ1) is 21.5. The monoisotopic (exact) mass is 442 g/mol. The quantitative estimate of drug-likeness (QED) is 0.290. The highest BCUT2D eigenvalue weighted by molar-refractivity contribution is 7.16. The summed E-state index contributed by atoms with van der Waals surface area (Å²) < 4.78 is 8.69. The van der Waals surface area contributed by atoms with Crippen molar-refractivity contribution in [1.82, 2.24) is 4.57 Å². The number of aromatic nitrogens is 1. The normalized spacial score (nSPS) is 11.5. The zero-order valence-electron chi connectivity index (χ0n) is 17.7. The lowest BCUT2D eigenvalue weighted by Crippen LogP contribution is -2.16. The lowest BCUT2D eigenvalue weighted by atomic mass is 10.0. The first-order chi connectivity index (χ1) is 15.6. The van der Waals surface area contributed by atoms with Crippen molar-refractivity contribution >= 4 is 33.2 Å². The number of allylic oxidation sites excluding steroid dienone is 1. The van der Waals surface area contributed by atoms with Crippen molar-refractivity contribution in [2.75, 3.05) is 6.61 Å². The molecule has 32 heavy (non-hydrogen) atoms. The van der Waals surface area contributed by atoms with E-state index in [9.17, 15) is 9.59 Å². The van der Waals surface area contributed by atoms with E-state index < -0.39 is 0 Å². The summed E-state index contributed by atoms with van der Waals surface area (Å²) in [5, 5.41) is 0. The van der Waals surface area contributed by atoms with Gasteiger partial charge in [-0.15, -0.1) is 6.58 Å². The first-order valence-corrected chi connectivity index (χ1v) is 11.1. The van der Waals surface area contributed by atoms with Crippen LogP contribution in [0.5, 0.6) is 5.75 Å². The minimum Gasteiger partial charge on any atom is -0.492 e. The molecule has 1 amide bonds. The standard InChI is InChI=1S/C26H22N2O3S/c1-3-17-28-23-21(31-4-2)11-8-12-22(23)32-26(28)27-25(30)20-15-13-19(14-16-20)24(29)18-9-6-5-7-10-18/h3,5-16H,1,4,17H2,2H3. The Morgan fingerprint density at radius 3 is 2.34 bits per heavy atom. The van der Waals surface area contributed by atoms with Crippen LogP contribution in [0.3, 0.4) is 0 Å². The van der Waals surface area contributed by atoms with E-state index in [4.69, 9.17) is 4.74 Å². The van der Waals surface area contributed by atoms with E-state index in [-0.39, 0.29) is 11.7 Å². The molecule has 6 heteroatoms. The largest absolute Gasteiger partial charge is 0.492 e. The Bertz CT molecular complexity index is 1350. The Morgan fingerprint density at radius 2 is 1.66 bits per heavy atom. The Kier molecular flexibility index (Phi) is 6.42. The summed E-state index contributed by atoms with van der Waals surface area (Å²) in [6.45, 7) is 6.81. The van der Waals surface area contributed by atoms with Crippen LogP contribution in [-0.4, -0.2) is 22.9 Å². The predicted molar refractivity (Wildman–Crippen MR) is 127 cm³/mol. The molecule has 4 rings (SSSR count). The second-order valence-corrected chi connectivity index (χ2v) is 8.02. The molecule has 0 unspecified atom stereocenters. The van der Waals surface area contributed by atoms with Gasteiger partial charge in [0.1, 0.15) is 11.3 Å².